The second-order valence-electron chi connectivity index (χ2n) is 9.13. The molecule has 11 heteroatoms. The van der Waals surface area contributed by atoms with Crippen LogP contribution >= 0.6 is 0 Å². The van der Waals surface area contributed by atoms with Crippen LogP contribution in [0, 0.1) is 5.92 Å². The van der Waals surface area contributed by atoms with E-state index in [9.17, 15) is 24.0 Å². The summed E-state index contributed by atoms with van der Waals surface area (Å²) in [7, 11) is 0. The molecule has 0 radical (unpaired) electrons. The summed E-state index contributed by atoms with van der Waals surface area (Å²) in [4.78, 5) is 70.5. The van der Waals surface area contributed by atoms with Gasteiger partial charge in [-0.25, -0.2) is 4.98 Å². The van der Waals surface area contributed by atoms with Crippen LogP contribution in [0.3, 0.4) is 0 Å². The lowest BCUT2D eigenvalue weighted by Crippen LogP contribution is -2.53. The van der Waals surface area contributed by atoms with E-state index in [0.29, 0.717) is 24.0 Å². The molecule has 34 heavy (non-hydrogen) atoms. The first-order chi connectivity index (χ1) is 16.0. The summed E-state index contributed by atoms with van der Waals surface area (Å²) in [6, 6.07) is 5.83. The number of Topliss-reactive ketones (excluding diaryl/α,β-unsaturated/α-hetero) is 1. The van der Waals surface area contributed by atoms with E-state index in [0.717, 1.165) is 0 Å². The van der Waals surface area contributed by atoms with Crippen molar-refractivity contribution in [3.63, 3.8) is 0 Å². The van der Waals surface area contributed by atoms with Gasteiger partial charge < -0.3 is 21.3 Å². The molecule has 180 valence electrons. The molecule has 3 rings (SSSR count). The highest BCUT2D eigenvalue weighted by molar-refractivity contribution is 6.38. The van der Waals surface area contributed by atoms with Crippen LogP contribution in [0.5, 0.6) is 0 Å². The third-order valence-electron chi connectivity index (χ3n) is 5.14. The number of hydrogen-bond acceptors (Lipinski definition) is 7. The Morgan fingerprint density at radius 3 is 2.50 bits per heavy atom. The number of hydrogen-bond donors (Lipinski definition) is 4. The molecule has 1 aliphatic heterocycles. The molecule has 0 saturated carbocycles. The number of ketones is 1. The molecular weight excluding hydrogens is 440 g/mol. The fourth-order valence-electron chi connectivity index (χ4n) is 3.51. The molecule has 4 amide bonds. The molecule has 1 unspecified atom stereocenters. The fraction of sp³-hybridized carbons (Fsp3) is 0.435. The summed E-state index contributed by atoms with van der Waals surface area (Å²) in [5.74, 6) is -3.73. The SMILES string of the molecule is CC(C)(C)NC(=O)C(=O)C(C[C@@H]1CCNC1=O)NC(=O)CNC(=O)c1cnc2ccccc2n1. The van der Waals surface area contributed by atoms with Crippen LogP contribution in [-0.2, 0) is 19.2 Å². The van der Waals surface area contributed by atoms with Gasteiger partial charge in [-0.05, 0) is 45.7 Å². The summed E-state index contributed by atoms with van der Waals surface area (Å²) in [6.07, 6.45) is 1.78. The number of nitrogens with one attached hydrogen (secondary N) is 4. The first-order valence-electron chi connectivity index (χ1n) is 11.0. The standard InChI is InChI=1S/C23H28N6O5/c1-23(2,3)29-22(34)19(31)16(10-13-8-9-24-20(13)32)28-18(30)12-26-21(33)17-11-25-14-6-4-5-7-15(14)27-17/h4-7,11,13,16H,8-10,12H2,1-3H3,(H,24,32)(H,26,33)(H,28,30)(H,29,34)/t13-,16?/m0/s1. The summed E-state index contributed by atoms with van der Waals surface area (Å²) in [6.45, 7) is 5.19. The van der Waals surface area contributed by atoms with E-state index >= 15 is 0 Å². The molecule has 4 N–H and O–H groups in total. The lowest BCUT2D eigenvalue weighted by atomic mass is 9.95. The smallest absolute Gasteiger partial charge is 0.290 e. The molecule has 2 heterocycles. The topological polar surface area (TPSA) is 159 Å². The van der Waals surface area contributed by atoms with Gasteiger partial charge in [-0.15, -0.1) is 0 Å². The second kappa shape index (κ2) is 10.4. The van der Waals surface area contributed by atoms with Crippen LogP contribution in [0.15, 0.2) is 30.5 Å². The molecule has 1 aromatic heterocycles. The number of fused-ring (bicyclic) bond motifs is 1. The van der Waals surface area contributed by atoms with E-state index in [1.54, 1.807) is 45.0 Å². The van der Waals surface area contributed by atoms with E-state index in [1.807, 2.05) is 0 Å². The quantitative estimate of drug-likeness (QED) is 0.392. The van der Waals surface area contributed by atoms with Crippen molar-refractivity contribution in [3.05, 3.63) is 36.2 Å². The minimum absolute atomic E-state index is 0.0158. The van der Waals surface area contributed by atoms with Gasteiger partial charge in [0.25, 0.3) is 11.8 Å². The Labute approximate surface area is 196 Å². The van der Waals surface area contributed by atoms with Gasteiger partial charge in [-0.3, -0.25) is 29.0 Å². The third kappa shape index (κ3) is 6.56. The van der Waals surface area contributed by atoms with Gasteiger partial charge in [0.1, 0.15) is 5.69 Å². The van der Waals surface area contributed by atoms with Gasteiger partial charge in [-0.1, -0.05) is 12.1 Å². The van der Waals surface area contributed by atoms with Gasteiger partial charge in [0.05, 0.1) is 29.8 Å². The van der Waals surface area contributed by atoms with Crippen LogP contribution in [-0.4, -0.2) is 64.1 Å². The number of nitrogens with zero attached hydrogens (tertiary/aromatic N) is 2. The highest BCUT2D eigenvalue weighted by Gasteiger charge is 2.35. The molecule has 0 bridgehead atoms. The molecule has 2 aromatic rings. The Morgan fingerprint density at radius 1 is 1.15 bits per heavy atom. The van der Waals surface area contributed by atoms with Crippen molar-refractivity contribution < 1.29 is 24.0 Å². The Morgan fingerprint density at radius 2 is 1.85 bits per heavy atom. The minimum atomic E-state index is -1.21. The van der Waals surface area contributed by atoms with Crippen LogP contribution in [0.1, 0.15) is 44.1 Å². The molecule has 1 aliphatic rings. The van der Waals surface area contributed by atoms with Crippen molar-refractivity contribution in [2.75, 3.05) is 13.1 Å². The summed E-state index contributed by atoms with van der Waals surface area (Å²) < 4.78 is 0. The highest BCUT2D eigenvalue weighted by Crippen LogP contribution is 2.17. The Balaban J connectivity index is 1.63. The van der Waals surface area contributed by atoms with E-state index < -0.39 is 47.5 Å². The van der Waals surface area contributed by atoms with Gasteiger partial charge in [0.15, 0.2) is 0 Å². The number of para-hydroxylation sites is 2. The molecule has 11 nitrogen and oxygen atoms in total. The normalized spacial score (nSPS) is 16.4. The summed E-state index contributed by atoms with van der Waals surface area (Å²) >= 11 is 0. The zero-order valence-electron chi connectivity index (χ0n) is 19.3. The van der Waals surface area contributed by atoms with E-state index in [4.69, 9.17) is 0 Å². The van der Waals surface area contributed by atoms with Gasteiger partial charge in [-0.2, -0.15) is 0 Å². The number of amides is 4. The van der Waals surface area contributed by atoms with Crippen molar-refractivity contribution in [2.45, 2.75) is 45.2 Å². The van der Waals surface area contributed by atoms with Crippen molar-refractivity contribution in [3.8, 4) is 0 Å². The lowest BCUT2D eigenvalue weighted by molar-refractivity contribution is -0.141. The van der Waals surface area contributed by atoms with Gasteiger partial charge in [0, 0.05) is 18.0 Å². The predicted octanol–water partition coefficient (Wildman–Crippen LogP) is -0.146. The average molecular weight is 469 g/mol. The van der Waals surface area contributed by atoms with Gasteiger partial charge >= 0.3 is 0 Å². The van der Waals surface area contributed by atoms with E-state index in [-0.39, 0.29) is 18.0 Å². The van der Waals surface area contributed by atoms with Gasteiger partial charge in [0.2, 0.25) is 17.6 Å². The Hall–Kier alpha value is -3.89. The van der Waals surface area contributed by atoms with Crippen LogP contribution in [0.25, 0.3) is 11.0 Å². The molecule has 1 fully saturated rings. The first kappa shape index (κ1) is 24.7. The zero-order valence-corrected chi connectivity index (χ0v) is 19.3. The number of carbonyl (C=O) groups is 5. The fourth-order valence-corrected chi connectivity index (χ4v) is 3.51. The van der Waals surface area contributed by atoms with E-state index in [2.05, 4.69) is 31.2 Å². The Bertz CT molecular complexity index is 1130. The van der Waals surface area contributed by atoms with Crippen molar-refractivity contribution >= 4 is 40.4 Å². The molecule has 2 atom stereocenters. The number of carbonyl (C=O) groups excluding carboxylic acids is 5. The minimum Gasteiger partial charge on any atom is -0.356 e. The second-order valence-corrected chi connectivity index (χ2v) is 9.13. The molecule has 0 aliphatic carbocycles. The largest absolute Gasteiger partial charge is 0.356 e. The van der Waals surface area contributed by atoms with Crippen LogP contribution in [0.2, 0.25) is 0 Å². The number of rotatable bonds is 8. The van der Waals surface area contributed by atoms with Crippen molar-refractivity contribution in [2.24, 2.45) is 5.92 Å². The van der Waals surface area contributed by atoms with Crippen LogP contribution in [0.4, 0.5) is 0 Å². The maximum absolute atomic E-state index is 12.8. The van der Waals surface area contributed by atoms with Crippen molar-refractivity contribution in [1.29, 1.82) is 0 Å². The molecule has 0 spiro atoms. The van der Waals surface area contributed by atoms with E-state index in [1.165, 1.54) is 6.20 Å². The molecular formula is C23H28N6O5. The maximum Gasteiger partial charge on any atom is 0.290 e. The number of benzene rings is 1. The summed E-state index contributed by atoms with van der Waals surface area (Å²) in [5, 5.41) is 10.2. The average Bonchev–Trinajstić information content (AvgIpc) is 3.19. The molecule has 1 saturated heterocycles. The predicted molar refractivity (Wildman–Crippen MR) is 122 cm³/mol. The zero-order chi connectivity index (χ0) is 24.9. The van der Waals surface area contributed by atoms with Crippen LogP contribution < -0.4 is 21.3 Å². The third-order valence-corrected chi connectivity index (χ3v) is 5.14. The Kier molecular flexibility index (Phi) is 7.54. The summed E-state index contributed by atoms with van der Waals surface area (Å²) in [5.41, 5.74) is 0.542. The number of aromatic nitrogens is 2. The lowest BCUT2D eigenvalue weighted by Gasteiger charge is -2.23. The van der Waals surface area contributed by atoms with Crippen molar-refractivity contribution in [1.82, 2.24) is 31.2 Å². The monoisotopic (exact) mass is 468 g/mol. The first-order valence-corrected chi connectivity index (χ1v) is 11.0. The highest BCUT2D eigenvalue weighted by atomic mass is 16.2. The maximum atomic E-state index is 12.8. The molecule has 1 aromatic carbocycles.